The van der Waals surface area contributed by atoms with Gasteiger partial charge in [-0.15, -0.1) is 0 Å². The topological polar surface area (TPSA) is 88.6 Å². The Kier molecular flexibility index (Phi) is 6.80. The van der Waals surface area contributed by atoms with Gasteiger partial charge in [0.15, 0.2) is 0 Å². The van der Waals surface area contributed by atoms with E-state index >= 15 is 0 Å². The van der Waals surface area contributed by atoms with E-state index in [1.807, 2.05) is 0 Å². The summed E-state index contributed by atoms with van der Waals surface area (Å²) in [7, 11) is 0. The van der Waals surface area contributed by atoms with Crippen molar-refractivity contribution in [1.29, 1.82) is 5.41 Å². The van der Waals surface area contributed by atoms with Crippen molar-refractivity contribution >= 4 is 11.9 Å². The van der Waals surface area contributed by atoms with E-state index in [0.29, 0.717) is 0 Å². The molecular formula is C18H15F6N3O3. The fourth-order valence-electron chi connectivity index (χ4n) is 2.22. The number of hydrogen-bond donors (Lipinski definition) is 2. The Balaban J connectivity index is 2.07. The van der Waals surface area contributed by atoms with Crippen LogP contribution in [0.5, 0.6) is 5.75 Å². The SMILES string of the molecule is N=C(N)N(Cc1cccc(OCc2cccc(C(F)(F)F)c2)c1)OC(=O)C(F)(F)F. The van der Waals surface area contributed by atoms with Crippen LogP contribution in [0.1, 0.15) is 16.7 Å². The summed E-state index contributed by atoms with van der Waals surface area (Å²) in [6.45, 7) is -0.690. The van der Waals surface area contributed by atoms with Gasteiger partial charge in [-0.05, 0) is 35.4 Å². The van der Waals surface area contributed by atoms with Crippen molar-refractivity contribution in [2.45, 2.75) is 25.5 Å². The maximum Gasteiger partial charge on any atom is 0.493 e. The third-order valence-electron chi connectivity index (χ3n) is 3.58. The zero-order chi connectivity index (χ0) is 22.5. The van der Waals surface area contributed by atoms with Crippen LogP contribution in [0.2, 0.25) is 0 Å². The van der Waals surface area contributed by atoms with Gasteiger partial charge in [0, 0.05) is 0 Å². The number of nitrogens with one attached hydrogen (secondary N) is 1. The first-order valence-corrected chi connectivity index (χ1v) is 8.15. The molecule has 0 aliphatic heterocycles. The van der Waals surface area contributed by atoms with E-state index < -0.39 is 36.4 Å². The van der Waals surface area contributed by atoms with E-state index in [2.05, 4.69) is 4.84 Å². The third-order valence-corrected chi connectivity index (χ3v) is 3.58. The molecule has 0 atom stereocenters. The number of benzene rings is 2. The minimum Gasteiger partial charge on any atom is -0.489 e. The van der Waals surface area contributed by atoms with Crippen molar-refractivity contribution in [3.8, 4) is 5.75 Å². The molecule has 30 heavy (non-hydrogen) atoms. The number of nitrogens with zero attached hydrogens (tertiary/aromatic N) is 1. The minimum absolute atomic E-state index is 0.190. The quantitative estimate of drug-likeness (QED) is 0.321. The molecule has 0 amide bonds. The number of guanidine groups is 1. The number of ether oxygens (including phenoxy) is 1. The van der Waals surface area contributed by atoms with Crippen molar-refractivity contribution in [3.63, 3.8) is 0 Å². The van der Waals surface area contributed by atoms with Crippen LogP contribution < -0.4 is 10.5 Å². The molecule has 0 saturated carbocycles. The Bertz CT molecular complexity index is 915. The molecule has 2 rings (SSSR count). The minimum atomic E-state index is -5.27. The number of nitrogens with two attached hydrogens (primary N) is 1. The second-order valence-electron chi connectivity index (χ2n) is 5.93. The summed E-state index contributed by atoms with van der Waals surface area (Å²) in [5.41, 5.74) is 4.82. The van der Waals surface area contributed by atoms with Crippen molar-refractivity contribution in [1.82, 2.24) is 5.06 Å². The van der Waals surface area contributed by atoms with Crippen LogP contribution in [-0.2, 0) is 29.0 Å². The highest BCUT2D eigenvalue weighted by Crippen LogP contribution is 2.30. The lowest BCUT2D eigenvalue weighted by Crippen LogP contribution is -2.41. The molecule has 0 aromatic heterocycles. The molecule has 6 nitrogen and oxygen atoms in total. The predicted molar refractivity (Wildman–Crippen MR) is 91.8 cm³/mol. The molecule has 2 aromatic rings. The second-order valence-corrected chi connectivity index (χ2v) is 5.93. The maximum atomic E-state index is 12.8. The molecule has 162 valence electrons. The van der Waals surface area contributed by atoms with Gasteiger partial charge in [-0.1, -0.05) is 24.3 Å². The van der Waals surface area contributed by atoms with Crippen LogP contribution in [0.3, 0.4) is 0 Å². The maximum absolute atomic E-state index is 12.8. The second kappa shape index (κ2) is 8.93. The van der Waals surface area contributed by atoms with E-state index in [4.69, 9.17) is 15.9 Å². The summed E-state index contributed by atoms with van der Waals surface area (Å²) in [6.07, 6.45) is -9.77. The highest BCUT2D eigenvalue weighted by molar-refractivity contribution is 5.79. The Hall–Kier alpha value is -3.44. The third kappa shape index (κ3) is 6.57. The lowest BCUT2D eigenvalue weighted by molar-refractivity contribution is -0.227. The molecule has 0 unspecified atom stereocenters. The molecule has 3 N–H and O–H groups in total. The van der Waals surface area contributed by atoms with Crippen LogP contribution in [0.15, 0.2) is 48.5 Å². The summed E-state index contributed by atoms with van der Waals surface area (Å²) >= 11 is 0. The van der Waals surface area contributed by atoms with E-state index in [0.717, 1.165) is 12.1 Å². The summed E-state index contributed by atoms with van der Waals surface area (Å²) in [4.78, 5) is 15.0. The molecule has 0 aliphatic rings. The highest BCUT2D eigenvalue weighted by Gasteiger charge is 2.43. The number of hydrogen-bond acceptors (Lipinski definition) is 4. The van der Waals surface area contributed by atoms with Crippen LogP contribution in [0.4, 0.5) is 26.3 Å². The molecule has 0 spiro atoms. The summed E-state index contributed by atoms with van der Waals surface area (Å²) in [6, 6.07) is 10.2. The molecule has 0 radical (unpaired) electrons. The first-order chi connectivity index (χ1) is 13.9. The van der Waals surface area contributed by atoms with Gasteiger partial charge >= 0.3 is 18.3 Å². The fourth-order valence-corrected chi connectivity index (χ4v) is 2.22. The van der Waals surface area contributed by atoms with Gasteiger partial charge in [-0.3, -0.25) is 5.41 Å². The summed E-state index contributed by atoms with van der Waals surface area (Å²) in [5.74, 6) is -3.30. The molecule has 2 aromatic carbocycles. The number of alkyl halides is 6. The lowest BCUT2D eigenvalue weighted by atomic mass is 10.1. The van der Waals surface area contributed by atoms with Crippen LogP contribution >= 0.6 is 0 Å². The monoisotopic (exact) mass is 435 g/mol. The predicted octanol–water partition coefficient (Wildman–Crippen LogP) is 4.00. The van der Waals surface area contributed by atoms with Gasteiger partial charge in [0.1, 0.15) is 12.4 Å². The molecule has 0 fully saturated rings. The normalized spacial score (nSPS) is 11.7. The largest absolute Gasteiger partial charge is 0.493 e. The number of carbonyl (C=O) groups is 1. The average molecular weight is 435 g/mol. The van der Waals surface area contributed by atoms with Gasteiger partial charge < -0.3 is 15.3 Å². The summed E-state index contributed by atoms with van der Waals surface area (Å²) < 4.78 is 80.7. The van der Waals surface area contributed by atoms with E-state index in [1.54, 1.807) is 0 Å². The van der Waals surface area contributed by atoms with E-state index in [-0.39, 0.29) is 28.5 Å². The van der Waals surface area contributed by atoms with Gasteiger partial charge in [0.25, 0.3) is 0 Å². The Morgan fingerprint density at radius 2 is 1.63 bits per heavy atom. The Morgan fingerprint density at radius 1 is 1.00 bits per heavy atom. The van der Waals surface area contributed by atoms with Gasteiger partial charge in [0.2, 0.25) is 5.96 Å². The number of halogens is 6. The lowest BCUT2D eigenvalue weighted by Gasteiger charge is -2.21. The molecule has 12 heteroatoms. The zero-order valence-corrected chi connectivity index (χ0v) is 15.1. The summed E-state index contributed by atoms with van der Waals surface area (Å²) in [5, 5.41) is 7.49. The molecule has 0 aliphatic carbocycles. The molecule has 0 saturated heterocycles. The smallest absolute Gasteiger partial charge is 0.489 e. The van der Waals surface area contributed by atoms with Crippen LogP contribution in [0.25, 0.3) is 0 Å². The van der Waals surface area contributed by atoms with Gasteiger partial charge in [0.05, 0.1) is 12.1 Å². The molecule has 0 bridgehead atoms. The standard InChI is InChI=1S/C18H15F6N3O3/c19-17(20,21)13-5-1-4-12(7-13)10-29-14-6-2-3-11(8-14)9-27(16(25)26)30-15(28)18(22,23)24/h1-8H,9-10H2,(H3,25,26). The Labute approximate surface area is 166 Å². The van der Waals surface area contributed by atoms with Crippen molar-refractivity contribution in [2.24, 2.45) is 5.73 Å². The number of rotatable bonds is 5. The number of hydroxylamine groups is 2. The first kappa shape index (κ1) is 22.8. The van der Waals surface area contributed by atoms with Crippen LogP contribution in [0, 0.1) is 5.41 Å². The van der Waals surface area contributed by atoms with Gasteiger partial charge in [-0.25, -0.2) is 4.79 Å². The highest BCUT2D eigenvalue weighted by atomic mass is 19.4. The van der Waals surface area contributed by atoms with E-state index in [9.17, 15) is 31.1 Å². The molecular weight excluding hydrogens is 420 g/mol. The van der Waals surface area contributed by atoms with E-state index in [1.165, 1.54) is 36.4 Å². The zero-order valence-electron chi connectivity index (χ0n) is 15.1. The van der Waals surface area contributed by atoms with Crippen molar-refractivity contribution in [2.75, 3.05) is 0 Å². The van der Waals surface area contributed by atoms with Gasteiger partial charge in [-0.2, -0.15) is 31.4 Å². The first-order valence-electron chi connectivity index (χ1n) is 8.15. The molecule has 0 heterocycles. The van der Waals surface area contributed by atoms with Crippen LogP contribution in [-0.4, -0.2) is 23.2 Å². The Morgan fingerprint density at radius 3 is 2.23 bits per heavy atom. The fraction of sp³-hybridized carbons (Fsp3) is 0.222. The number of carbonyl (C=O) groups excluding carboxylic acids is 1. The average Bonchev–Trinajstić information content (AvgIpc) is 2.65. The van der Waals surface area contributed by atoms with Crippen molar-refractivity contribution in [3.05, 3.63) is 65.2 Å². The van der Waals surface area contributed by atoms with Crippen molar-refractivity contribution < 1.29 is 40.7 Å².